The monoisotopic (exact) mass is 618 g/mol. The van der Waals surface area contributed by atoms with Crippen molar-refractivity contribution in [3.8, 4) is 5.75 Å². The Kier molecular flexibility index (Phi) is 9.28. The van der Waals surface area contributed by atoms with Gasteiger partial charge in [-0.2, -0.15) is 5.10 Å². The minimum absolute atomic E-state index is 0.0208. The lowest BCUT2D eigenvalue weighted by molar-refractivity contribution is -0.384. The molecule has 12 heteroatoms. The predicted octanol–water partition coefficient (Wildman–Crippen LogP) is 5.56. The molecule has 0 unspecified atom stereocenters. The molecule has 0 aliphatic carbocycles. The van der Waals surface area contributed by atoms with Crippen LogP contribution in [-0.4, -0.2) is 28.9 Å². The van der Waals surface area contributed by atoms with E-state index in [1.807, 2.05) is 11.4 Å². The van der Waals surface area contributed by atoms with E-state index in [-0.39, 0.29) is 22.7 Å². The number of ether oxygens (including phenoxy) is 1. The first-order valence-electron chi connectivity index (χ1n) is 11.5. The molecule has 10 nitrogen and oxygen atoms in total. The van der Waals surface area contributed by atoms with Crippen LogP contribution in [0.25, 0.3) is 6.08 Å². The molecule has 200 valence electrons. The van der Waals surface area contributed by atoms with Gasteiger partial charge < -0.3 is 10.1 Å². The largest absolute Gasteiger partial charge is 0.422 e. The lowest BCUT2D eigenvalue weighted by atomic mass is 10.2. The highest BCUT2D eigenvalue weighted by molar-refractivity contribution is 9.10. The number of nitro benzene ring substituents is 1. The standard InChI is InChI=1S/C28H19BrN4O6S/c29-21-10-13-25(39-28(36)19-8-11-22(12-9-19)33(37)38)20(15-21)17-30-32-27(35)24(16-23-7-4-14-40-23)31-26(34)18-5-2-1-3-6-18/h1-17H,(H,31,34)(H,32,35). The van der Waals surface area contributed by atoms with Gasteiger partial charge in [-0.15, -0.1) is 11.3 Å². The normalized spacial score (nSPS) is 11.2. The quantitative estimate of drug-likeness (QED) is 0.0628. The fourth-order valence-electron chi connectivity index (χ4n) is 3.27. The molecule has 2 N–H and O–H groups in total. The summed E-state index contributed by atoms with van der Waals surface area (Å²) in [5.74, 6) is -1.74. The number of halogens is 1. The predicted molar refractivity (Wildman–Crippen MR) is 154 cm³/mol. The molecule has 0 aliphatic rings. The van der Waals surface area contributed by atoms with E-state index < -0.39 is 22.7 Å². The smallest absolute Gasteiger partial charge is 0.343 e. The molecule has 40 heavy (non-hydrogen) atoms. The first-order valence-corrected chi connectivity index (χ1v) is 13.2. The molecule has 1 heterocycles. The van der Waals surface area contributed by atoms with E-state index in [1.54, 1.807) is 48.5 Å². The summed E-state index contributed by atoms with van der Waals surface area (Å²) in [6, 6.07) is 21.8. The van der Waals surface area contributed by atoms with Crippen LogP contribution in [-0.2, 0) is 4.79 Å². The Morgan fingerprint density at radius 2 is 1.70 bits per heavy atom. The Hall–Kier alpha value is -4.94. The van der Waals surface area contributed by atoms with Crippen molar-refractivity contribution in [2.45, 2.75) is 0 Å². The van der Waals surface area contributed by atoms with Crippen molar-refractivity contribution in [2.24, 2.45) is 5.10 Å². The second kappa shape index (κ2) is 13.2. The molecule has 0 saturated carbocycles. The molecule has 1 aromatic heterocycles. The number of hydrogen-bond donors (Lipinski definition) is 2. The summed E-state index contributed by atoms with van der Waals surface area (Å²) in [5.41, 5.74) is 3.05. The number of esters is 1. The topological polar surface area (TPSA) is 140 Å². The first-order chi connectivity index (χ1) is 19.3. The number of hydrazone groups is 1. The number of rotatable bonds is 9. The van der Waals surface area contributed by atoms with E-state index in [0.717, 1.165) is 4.88 Å². The van der Waals surface area contributed by atoms with Crippen LogP contribution < -0.4 is 15.5 Å². The summed E-state index contributed by atoms with van der Waals surface area (Å²) in [5, 5.41) is 19.3. The molecule has 0 spiro atoms. The summed E-state index contributed by atoms with van der Waals surface area (Å²) in [6.45, 7) is 0. The molecule has 0 bridgehead atoms. The number of non-ortho nitro benzene ring substituents is 1. The maximum Gasteiger partial charge on any atom is 0.343 e. The minimum Gasteiger partial charge on any atom is -0.422 e. The Morgan fingerprint density at radius 3 is 2.38 bits per heavy atom. The van der Waals surface area contributed by atoms with Crippen molar-refractivity contribution >= 4 is 63.0 Å². The van der Waals surface area contributed by atoms with Gasteiger partial charge in [-0.3, -0.25) is 19.7 Å². The fourth-order valence-corrected chi connectivity index (χ4v) is 4.31. The van der Waals surface area contributed by atoms with Gasteiger partial charge in [0.1, 0.15) is 11.4 Å². The van der Waals surface area contributed by atoms with Crippen LogP contribution in [0.2, 0.25) is 0 Å². The maximum atomic E-state index is 13.0. The number of carbonyl (C=O) groups excluding carboxylic acids is 3. The average molecular weight is 619 g/mol. The number of nitrogens with one attached hydrogen (secondary N) is 2. The van der Waals surface area contributed by atoms with Gasteiger partial charge >= 0.3 is 5.97 Å². The molecule has 0 saturated heterocycles. The molecule has 0 radical (unpaired) electrons. The van der Waals surface area contributed by atoms with Crippen molar-refractivity contribution in [1.82, 2.24) is 10.7 Å². The second-order valence-corrected chi connectivity index (χ2v) is 9.86. The molecular weight excluding hydrogens is 600 g/mol. The number of nitro groups is 1. The van der Waals surface area contributed by atoms with Crippen LogP contribution in [0.4, 0.5) is 5.69 Å². The zero-order valence-electron chi connectivity index (χ0n) is 20.4. The maximum absolute atomic E-state index is 13.0. The zero-order valence-corrected chi connectivity index (χ0v) is 22.8. The van der Waals surface area contributed by atoms with E-state index in [2.05, 4.69) is 31.8 Å². The van der Waals surface area contributed by atoms with Gasteiger partial charge in [0.15, 0.2) is 0 Å². The Bertz CT molecular complexity index is 1600. The second-order valence-electron chi connectivity index (χ2n) is 7.97. The Morgan fingerprint density at radius 1 is 0.950 bits per heavy atom. The summed E-state index contributed by atoms with van der Waals surface area (Å²) >= 11 is 4.74. The van der Waals surface area contributed by atoms with Crippen molar-refractivity contribution in [3.05, 3.63) is 132 Å². The van der Waals surface area contributed by atoms with E-state index in [0.29, 0.717) is 15.6 Å². The highest BCUT2D eigenvalue weighted by Crippen LogP contribution is 2.23. The number of thiophene rings is 1. The highest BCUT2D eigenvalue weighted by Gasteiger charge is 2.16. The zero-order chi connectivity index (χ0) is 28.5. The first kappa shape index (κ1) is 28.1. The van der Waals surface area contributed by atoms with Crippen LogP contribution in [0.15, 0.2) is 106 Å². The van der Waals surface area contributed by atoms with Gasteiger partial charge in [-0.05, 0) is 60.0 Å². The molecule has 3 aromatic carbocycles. The van der Waals surface area contributed by atoms with Gasteiger partial charge in [0.2, 0.25) is 0 Å². The summed E-state index contributed by atoms with van der Waals surface area (Å²) in [6.07, 6.45) is 2.82. The average Bonchev–Trinajstić information content (AvgIpc) is 3.47. The molecular formula is C28H19BrN4O6S. The van der Waals surface area contributed by atoms with Crippen molar-refractivity contribution in [3.63, 3.8) is 0 Å². The van der Waals surface area contributed by atoms with E-state index in [1.165, 1.54) is 54.0 Å². The van der Waals surface area contributed by atoms with E-state index in [9.17, 15) is 24.5 Å². The van der Waals surface area contributed by atoms with Gasteiger partial charge in [0, 0.05) is 32.6 Å². The fraction of sp³-hybridized carbons (Fsp3) is 0. The summed E-state index contributed by atoms with van der Waals surface area (Å²) < 4.78 is 6.12. The van der Waals surface area contributed by atoms with Crippen molar-refractivity contribution in [2.75, 3.05) is 0 Å². The third-order valence-corrected chi connectivity index (χ3v) is 6.53. The van der Waals surface area contributed by atoms with Gasteiger partial charge in [-0.25, -0.2) is 10.2 Å². The number of carbonyl (C=O) groups is 3. The number of amides is 2. The van der Waals surface area contributed by atoms with Crippen molar-refractivity contribution < 1.29 is 24.0 Å². The molecule has 4 rings (SSSR count). The molecule has 4 aromatic rings. The van der Waals surface area contributed by atoms with E-state index >= 15 is 0 Å². The lowest BCUT2D eigenvalue weighted by Crippen LogP contribution is -2.32. The van der Waals surface area contributed by atoms with Gasteiger partial charge in [-0.1, -0.05) is 40.2 Å². The third-order valence-electron chi connectivity index (χ3n) is 5.22. The SMILES string of the molecule is O=C(NN=Cc1cc(Br)ccc1OC(=O)c1ccc([N+](=O)[O-])cc1)C(=Cc1cccs1)NC(=O)c1ccccc1. The Labute approximate surface area is 240 Å². The van der Waals surface area contributed by atoms with E-state index in [4.69, 9.17) is 4.74 Å². The van der Waals surface area contributed by atoms with Crippen LogP contribution in [0.1, 0.15) is 31.2 Å². The summed E-state index contributed by atoms with van der Waals surface area (Å²) in [4.78, 5) is 49.3. The molecule has 0 aliphatic heterocycles. The highest BCUT2D eigenvalue weighted by atomic mass is 79.9. The lowest BCUT2D eigenvalue weighted by Gasteiger charge is -2.10. The van der Waals surface area contributed by atoms with Crippen LogP contribution in [0.3, 0.4) is 0 Å². The van der Waals surface area contributed by atoms with Gasteiger partial charge in [0.25, 0.3) is 17.5 Å². The third kappa shape index (κ3) is 7.56. The van der Waals surface area contributed by atoms with Crippen LogP contribution in [0, 0.1) is 10.1 Å². The number of hydrogen-bond acceptors (Lipinski definition) is 8. The molecule has 2 amide bonds. The van der Waals surface area contributed by atoms with Crippen molar-refractivity contribution in [1.29, 1.82) is 0 Å². The van der Waals surface area contributed by atoms with Crippen LogP contribution in [0.5, 0.6) is 5.75 Å². The van der Waals surface area contributed by atoms with Gasteiger partial charge in [0.05, 0.1) is 16.7 Å². The number of nitrogens with zero attached hydrogens (tertiary/aromatic N) is 2. The number of benzene rings is 3. The minimum atomic E-state index is -0.735. The summed E-state index contributed by atoms with van der Waals surface area (Å²) in [7, 11) is 0. The Balaban J connectivity index is 1.49. The molecule has 0 atom stereocenters. The molecule has 0 fully saturated rings. The van der Waals surface area contributed by atoms with Crippen LogP contribution >= 0.6 is 27.3 Å².